The number of methoxy groups -OCH3 is 1. The molecule has 2 heterocycles. The molecule has 2 aliphatic heterocycles. The number of hydrogen-bond donors (Lipinski definition) is 0. The SMILES string of the molecule is COc1ccc([C@H](CCN2C(=O)C=CC2=O)[C@@H]2CCOC(C)(C)C2)cc1. The lowest BCUT2D eigenvalue weighted by atomic mass is 9.75. The molecule has 0 unspecified atom stereocenters. The average molecular weight is 357 g/mol. The monoisotopic (exact) mass is 357 g/mol. The van der Waals surface area contributed by atoms with Crippen LogP contribution in [-0.2, 0) is 14.3 Å². The highest BCUT2D eigenvalue weighted by atomic mass is 16.5. The number of rotatable bonds is 6. The molecule has 0 saturated carbocycles. The first-order chi connectivity index (χ1) is 12.4. The zero-order chi connectivity index (χ0) is 18.7. The third kappa shape index (κ3) is 4.15. The van der Waals surface area contributed by atoms with Gasteiger partial charge in [0, 0.05) is 25.3 Å². The second-order valence-corrected chi connectivity index (χ2v) is 7.69. The van der Waals surface area contributed by atoms with Crippen LogP contribution in [0.3, 0.4) is 0 Å². The molecule has 2 amide bonds. The Morgan fingerprint density at radius 2 is 1.85 bits per heavy atom. The maximum atomic E-state index is 11.9. The number of imide groups is 1. The molecule has 0 aromatic heterocycles. The molecule has 1 saturated heterocycles. The van der Waals surface area contributed by atoms with Crippen LogP contribution in [0.5, 0.6) is 5.75 Å². The number of amides is 2. The fourth-order valence-electron chi connectivity index (χ4n) is 4.07. The molecule has 1 aromatic rings. The van der Waals surface area contributed by atoms with Crippen LogP contribution in [0, 0.1) is 5.92 Å². The highest BCUT2D eigenvalue weighted by Gasteiger charge is 2.35. The summed E-state index contributed by atoms with van der Waals surface area (Å²) in [6.45, 7) is 5.44. The van der Waals surface area contributed by atoms with Gasteiger partial charge in [0.1, 0.15) is 5.75 Å². The van der Waals surface area contributed by atoms with Crippen LogP contribution in [0.25, 0.3) is 0 Å². The van der Waals surface area contributed by atoms with Crippen LogP contribution < -0.4 is 4.74 Å². The Hall–Kier alpha value is -2.14. The fourth-order valence-corrected chi connectivity index (χ4v) is 4.07. The van der Waals surface area contributed by atoms with Crippen molar-refractivity contribution < 1.29 is 19.1 Å². The molecule has 0 bridgehead atoms. The van der Waals surface area contributed by atoms with Crippen molar-refractivity contribution in [2.45, 2.75) is 44.6 Å². The van der Waals surface area contributed by atoms with Crippen LogP contribution in [0.4, 0.5) is 0 Å². The summed E-state index contributed by atoms with van der Waals surface area (Å²) in [5.74, 6) is 1.12. The van der Waals surface area contributed by atoms with E-state index in [1.165, 1.54) is 22.6 Å². The van der Waals surface area contributed by atoms with Gasteiger partial charge in [-0.25, -0.2) is 0 Å². The van der Waals surface area contributed by atoms with Crippen molar-refractivity contribution in [1.82, 2.24) is 4.90 Å². The molecule has 3 rings (SSSR count). The molecule has 5 nitrogen and oxygen atoms in total. The molecule has 1 aromatic carbocycles. The van der Waals surface area contributed by atoms with Gasteiger partial charge in [0.2, 0.25) is 0 Å². The Balaban J connectivity index is 1.78. The molecule has 140 valence electrons. The number of carbonyl (C=O) groups excluding carboxylic acids is 2. The smallest absolute Gasteiger partial charge is 0.253 e. The van der Waals surface area contributed by atoms with E-state index in [9.17, 15) is 9.59 Å². The third-order valence-electron chi connectivity index (χ3n) is 5.41. The van der Waals surface area contributed by atoms with Crippen LogP contribution in [0.2, 0.25) is 0 Å². The van der Waals surface area contributed by atoms with E-state index >= 15 is 0 Å². The summed E-state index contributed by atoms with van der Waals surface area (Å²) in [5.41, 5.74) is 1.08. The van der Waals surface area contributed by atoms with E-state index in [1.807, 2.05) is 12.1 Å². The van der Waals surface area contributed by atoms with E-state index in [1.54, 1.807) is 7.11 Å². The predicted molar refractivity (Wildman–Crippen MR) is 99.0 cm³/mol. The van der Waals surface area contributed by atoms with Crippen molar-refractivity contribution in [2.24, 2.45) is 5.92 Å². The Morgan fingerprint density at radius 1 is 1.19 bits per heavy atom. The maximum absolute atomic E-state index is 11.9. The minimum atomic E-state index is -0.212. The molecular weight excluding hydrogens is 330 g/mol. The van der Waals surface area contributed by atoms with Crippen LogP contribution >= 0.6 is 0 Å². The molecule has 0 spiro atoms. The van der Waals surface area contributed by atoms with Gasteiger partial charge in [-0.05, 0) is 62.6 Å². The van der Waals surface area contributed by atoms with E-state index in [0.29, 0.717) is 12.5 Å². The summed E-state index contributed by atoms with van der Waals surface area (Å²) in [6, 6.07) is 8.14. The van der Waals surface area contributed by atoms with Gasteiger partial charge in [-0.2, -0.15) is 0 Å². The molecule has 0 N–H and O–H groups in total. The normalized spacial score (nSPS) is 23.3. The van der Waals surface area contributed by atoms with Gasteiger partial charge in [0.15, 0.2) is 0 Å². The van der Waals surface area contributed by atoms with Crippen molar-refractivity contribution in [3.05, 3.63) is 42.0 Å². The van der Waals surface area contributed by atoms with Gasteiger partial charge in [-0.3, -0.25) is 14.5 Å². The highest BCUT2D eigenvalue weighted by molar-refractivity contribution is 6.12. The maximum Gasteiger partial charge on any atom is 0.253 e. The molecular formula is C21H27NO4. The fraction of sp³-hybridized carbons (Fsp3) is 0.524. The Kier molecular flexibility index (Phi) is 5.47. The molecule has 2 atom stereocenters. The van der Waals surface area contributed by atoms with E-state index in [-0.39, 0.29) is 23.3 Å². The molecule has 0 radical (unpaired) electrons. The summed E-state index contributed by atoms with van der Waals surface area (Å²) < 4.78 is 11.2. The topological polar surface area (TPSA) is 55.8 Å². The first-order valence-corrected chi connectivity index (χ1v) is 9.21. The summed E-state index contributed by atoms with van der Waals surface area (Å²) in [5, 5.41) is 0. The molecule has 26 heavy (non-hydrogen) atoms. The molecule has 5 heteroatoms. The minimum Gasteiger partial charge on any atom is -0.497 e. The summed E-state index contributed by atoms with van der Waals surface area (Å²) in [4.78, 5) is 25.1. The van der Waals surface area contributed by atoms with E-state index in [2.05, 4.69) is 26.0 Å². The first kappa shape index (κ1) is 18.6. The van der Waals surface area contributed by atoms with Gasteiger partial charge in [0.05, 0.1) is 12.7 Å². The summed E-state index contributed by atoms with van der Waals surface area (Å²) in [6.07, 6.45) is 5.40. The van der Waals surface area contributed by atoms with Crippen molar-refractivity contribution in [3.8, 4) is 5.75 Å². The van der Waals surface area contributed by atoms with Crippen molar-refractivity contribution in [2.75, 3.05) is 20.3 Å². The minimum absolute atomic E-state index is 0.144. The average Bonchev–Trinajstić information content (AvgIpc) is 2.93. The van der Waals surface area contributed by atoms with Crippen LogP contribution in [0.15, 0.2) is 36.4 Å². The van der Waals surface area contributed by atoms with E-state index in [0.717, 1.165) is 31.6 Å². The number of carbonyl (C=O) groups is 2. The quantitative estimate of drug-likeness (QED) is 0.733. The van der Waals surface area contributed by atoms with Crippen molar-refractivity contribution in [3.63, 3.8) is 0 Å². The van der Waals surface area contributed by atoms with Gasteiger partial charge in [-0.15, -0.1) is 0 Å². The van der Waals surface area contributed by atoms with Crippen LogP contribution in [-0.4, -0.2) is 42.6 Å². The first-order valence-electron chi connectivity index (χ1n) is 9.21. The lowest BCUT2D eigenvalue weighted by Gasteiger charge is -2.40. The third-order valence-corrected chi connectivity index (χ3v) is 5.41. The number of benzene rings is 1. The van der Waals surface area contributed by atoms with Crippen LogP contribution in [0.1, 0.15) is 44.6 Å². The van der Waals surface area contributed by atoms with Gasteiger partial charge >= 0.3 is 0 Å². The van der Waals surface area contributed by atoms with Gasteiger partial charge in [0.25, 0.3) is 11.8 Å². The number of nitrogens with zero attached hydrogens (tertiary/aromatic N) is 1. The summed E-state index contributed by atoms with van der Waals surface area (Å²) in [7, 11) is 1.66. The van der Waals surface area contributed by atoms with Crippen molar-refractivity contribution >= 4 is 11.8 Å². The Morgan fingerprint density at radius 3 is 2.42 bits per heavy atom. The predicted octanol–water partition coefficient (Wildman–Crippen LogP) is 3.30. The lowest BCUT2D eigenvalue weighted by molar-refractivity contribution is -0.137. The second-order valence-electron chi connectivity index (χ2n) is 7.69. The van der Waals surface area contributed by atoms with Gasteiger partial charge in [-0.1, -0.05) is 12.1 Å². The Labute approximate surface area is 155 Å². The molecule has 2 aliphatic rings. The number of hydrogen-bond acceptors (Lipinski definition) is 4. The lowest BCUT2D eigenvalue weighted by Crippen LogP contribution is -2.38. The number of ether oxygens (including phenoxy) is 2. The Bertz CT molecular complexity index is 674. The van der Waals surface area contributed by atoms with Gasteiger partial charge < -0.3 is 9.47 Å². The van der Waals surface area contributed by atoms with E-state index < -0.39 is 0 Å². The van der Waals surface area contributed by atoms with Crippen molar-refractivity contribution in [1.29, 1.82) is 0 Å². The molecule has 1 fully saturated rings. The summed E-state index contributed by atoms with van der Waals surface area (Å²) >= 11 is 0. The second kappa shape index (κ2) is 7.62. The zero-order valence-corrected chi connectivity index (χ0v) is 15.7. The highest BCUT2D eigenvalue weighted by Crippen LogP contribution is 2.40. The largest absolute Gasteiger partial charge is 0.497 e. The standard InChI is InChI=1S/C21H27NO4/c1-21(2)14-16(11-13-26-21)18(15-4-6-17(25-3)7-5-15)10-12-22-19(23)8-9-20(22)24/h4-9,16,18H,10-14H2,1-3H3/t16-,18+/m1/s1. The molecule has 0 aliphatic carbocycles. The van der Waals surface area contributed by atoms with E-state index in [4.69, 9.17) is 9.47 Å². The zero-order valence-electron chi connectivity index (χ0n) is 15.7.